The molecule has 1 aromatic carbocycles. The van der Waals surface area contributed by atoms with Crippen LogP contribution in [-0.4, -0.2) is 77.8 Å². The van der Waals surface area contributed by atoms with Crippen molar-refractivity contribution in [1.82, 2.24) is 10.4 Å². The Morgan fingerprint density at radius 2 is 1.71 bits per heavy atom. The second-order valence-corrected chi connectivity index (χ2v) is 14.8. The van der Waals surface area contributed by atoms with E-state index in [1.807, 2.05) is 32.8 Å². The van der Waals surface area contributed by atoms with Crippen LogP contribution in [0.3, 0.4) is 0 Å². The molecule has 1 aliphatic heterocycles. The maximum absolute atomic E-state index is 13.6. The van der Waals surface area contributed by atoms with E-state index in [2.05, 4.69) is 79.7 Å². The van der Waals surface area contributed by atoms with Crippen molar-refractivity contribution in [3.8, 4) is 0 Å². The van der Waals surface area contributed by atoms with Gasteiger partial charge < -0.3 is 18.9 Å². The molecule has 1 heterocycles. The molecule has 0 spiro atoms. The fourth-order valence-electron chi connectivity index (χ4n) is 6.88. The molecule has 0 aromatic heterocycles. The summed E-state index contributed by atoms with van der Waals surface area (Å²) >= 11 is 0. The lowest BCUT2D eigenvalue weighted by atomic mass is 9.72. The third-order valence-electron chi connectivity index (χ3n) is 11.1. The van der Waals surface area contributed by atoms with Gasteiger partial charge in [0.25, 0.3) is 0 Å². The highest BCUT2D eigenvalue weighted by molar-refractivity contribution is 5.90. The zero-order valence-corrected chi connectivity index (χ0v) is 34.7. The summed E-state index contributed by atoms with van der Waals surface area (Å²) in [7, 11) is 0. The zero-order valence-electron chi connectivity index (χ0n) is 34.7. The summed E-state index contributed by atoms with van der Waals surface area (Å²) in [4.78, 5) is 31.7. The summed E-state index contributed by atoms with van der Waals surface area (Å²) < 4.78 is 24.9. The first kappa shape index (κ1) is 46.1. The second-order valence-electron chi connectivity index (χ2n) is 14.8. The quantitative estimate of drug-likeness (QED) is 0.0330. The summed E-state index contributed by atoms with van der Waals surface area (Å²) in [6.45, 7) is 32.1. The molecule has 1 fully saturated rings. The molecule has 0 radical (unpaired) electrons. The van der Waals surface area contributed by atoms with Crippen molar-refractivity contribution in [3.05, 3.63) is 42.5 Å². The molecule has 2 rings (SSSR count). The number of hydroxylamine groups is 2. The number of piperidine rings is 1. The number of carbonyl (C=O) groups is 1. The first-order valence-electron chi connectivity index (χ1n) is 19.8. The highest BCUT2D eigenvalue weighted by Gasteiger charge is 2.58. The van der Waals surface area contributed by atoms with Gasteiger partial charge in [0.1, 0.15) is 24.2 Å². The van der Waals surface area contributed by atoms with Gasteiger partial charge in [0.2, 0.25) is 0 Å². The topological polar surface area (TPSA) is 109 Å². The number of ether oxygens (including phenoxy) is 4. The maximum atomic E-state index is 13.6. The molecule has 0 aliphatic carbocycles. The summed E-state index contributed by atoms with van der Waals surface area (Å²) in [6.07, 6.45) is 5.73. The molecule has 0 amide bonds. The van der Waals surface area contributed by atoms with Gasteiger partial charge in [-0.2, -0.15) is 5.06 Å². The van der Waals surface area contributed by atoms with Crippen molar-refractivity contribution >= 4 is 11.7 Å². The lowest BCUT2D eigenvalue weighted by Gasteiger charge is -2.59. The predicted octanol–water partition coefficient (Wildman–Crippen LogP) is 9.14. The van der Waals surface area contributed by atoms with E-state index in [0.29, 0.717) is 43.7 Å². The molecular weight excluding hydrogens is 662 g/mol. The molecule has 1 saturated heterocycles. The van der Waals surface area contributed by atoms with Gasteiger partial charge in [-0.05, 0) is 111 Å². The van der Waals surface area contributed by atoms with Crippen LogP contribution in [0.4, 0.5) is 5.69 Å². The molecule has 52 heavy (non-hydrogen) atoms. The van der Waals surface area contributed by atoms with Gasteiger partial charge >= 0.3 is 5.97 Å². The van der Waals surface area contributed by atoms with Crippen LogP contribution in [0, 0.1) is 5.92 Å². The molecule has 10 atom stereocenters. The predicted molar refractivity (Wildman–Crippen MR) is 207 cm³/mol. The van der Waals surface area contributed by atoms with Crippen LogP contribution in [0.1, 0.15) is 145 Å². The first-order valence-corrected chi connectivity index (χ1v) is 19.8. The van der Waals surface area contributed by atoms with Gasteiger partial charge in [-0.3, -0.25) is 10.2 Å². The molecule has 2 N–H and O–H groups in total. The van der Waals surface area contributed by atoms with Crippen LogP contribution in [0.5, 0.6) is 0 Å². The summed E-state index contributed by atoms with van der Waals surface area (Å²) in [6, 6.07) is 6.98. The molecular formula is C41H73N3O8. The fraction of sp³-hybridized carbons (Fsp3) is 0.780. The van der Waals surface area contributed by atoms with Crippen molar-refractivity contribution < 1.29 is 38.5 Å². The van der Waals surface area contributed by atoms with Gasteiger partial charge in [-0.1, -0.05) is 47.6 Å². The van der Waals surface area contributed by atoms with Gasteiger partial charge in [0.05, 0.1) is 35.1 Å². The van der Waals surface area contributed by atoms with Crippen molar-refractivity contribution in [1.29, 1.82) is 0 Å². The van der Waals surface area contributed by atoms with Crippen LogP contribution in [0.15, 0.2) is 36.9 Å². The lowest BCUT2D eigenvalue weighted by Crippen LogP contribution is -2.70. The summed E-state index contributed by atoms with van der Waals surface area (Å²) in [5, 5.41) is 5.70. The van der Waals surface area contributed by atoms with Gasteiger partial charge in [-0.25, -0.2) is 15.2 Å². The Hall–Kier alpha value is -2.09. The van der Waals surface area contributed by atoms with Gasteiger partial charge in [-0.15, -0.1) is 11.6 Å². The Morgan fingerprint density at radius 1 is 1.04 bits per heavy atom. The van der Waals surface area contributed by atoms with Crippen LogP contribution >= 0.6 is 0 Å². The van der Waals surface area contributed by atoms with E-state index in [9.17, 15) is 4.79 Å². The van der Waals surface area contributed by atoms with E-state index in [-0.39, 0.29) is 42.1 Å². The number of hydrogen-bond acceptors (Lipinski definition) is 11. The normalized spacial score (nSPS) is 26.5. The standard InChI is InChI=1S/C41H73N3O8/c1-15-29(9)48-32(12)36(27-39(13,18-4)42-37(17-3)46-21-7)51-52-43-34-25-23-33(24-26-34)38(45)49-35-28-41(20-6,47-22-8)44(50-30(10)16-2)40(14,19-5)31(35)11/h16,23-26,29-32,35-37,42-43H,2,15,17-22,27-28H2,1,3-14H3. The minimum absolute atomic E-state index is 0.0403. The first-order chi connectivity index (χ1) is 24.6. The monoisotopic (exact) mass is 736 g/mol. The fourth-order valence-corrected chi connectivity index (χ4v) is 6.88. The molecule has 11 heteroatoms. The average molecular weight is 736 g/mol. The van der Waals surface area contributed by atoms with Crippen molar-refractivity contribution in [2.75, 3.05) is 18.7 Å². The minimum atomic E-state index is -0.764. The SMILES string of the molecule is C=CC(C)ON1C(CC)(OCC)CC(OC(=O)c2ccc(NOOC(CC(C)(CC)NC(CC)OCC)C(C)OC(C)CC)cc2)C(C)C1(C)CC. The molecule has 0 saturated carbocycles. The van der Waals surface area contributed by atoms with Crippen LogP contribution in [-0.2, 0) is 33.7 Å². The Bertz CT molecular complexity index is 1190. The Labute approximate surface area is 315 Å². The van der Waals surface area contributed by atoms with Gasteiger partial charge in [0.15, 0.2) is 0 Å². The van der Waals surface area contributed by atoms with E-state index >= 15 is 0 Å². The molecule has 11 nitrogen and oxygen atoms in total. The number of nitrogens with one attached hydrogen (secondary N) is 2. The van der Waals surface area contributed by atoms with E-state index in [1.54, 1.807) is 30.3 Å². The van der Waals surface area contributed by atoms with Crippen molar-refractivity contribution in [2.45, 2.75) is 189 Å². The number of esters is 1. The number of rotatable bonds is 25. The summed E-state index contributed by atoms with van der Waals surface area (Å²) in [5.41, 5.74) is 2.44. The number of benzene rings is 1. The van der Waals surface area contributed by atoms with Crippen LogP contribution in [0.2, 0.25) is 0 Å². The molecule has 1 aliphatic rings. The van der Waals surface area contributed by atoms with Crippen LogP contribution < -0.4 is 10.8 Å². The third-order valence-corrected chi connectivity index (χ3v) is 11.1. The summed E-state index contributed by atoms with van der Waals surface area (Å²) in [5.74, 6) is -0.435. The Morgan fingerprint density at radius 3 is 2.23 bits per heavy atom. The van der Waals surface area contributed by atoms with E-state index in [0.717, 1.165) is 25.7 Å². The molecule has 10 unspecified atom stereocenters. The highest BCUT2D eigenvalue weighted by atomic mass is 17.3. The van der Waals surface area contributed by atoms with E-state index in [1.165, 1.54) is 0 Å². The molecule has 1 aromatic rings. The second kappa shape index (κ2) is 21.7. The maximum Gasteiger partial charge on any atom is 0.338 e. The number of anilines is 1. The number of carbonyl (C=O) groups excluding carboxylic acids is 1. The van der Waals surface area contributed by atoms with Crippen molar-refractivity contribution in [3.63, 3.8) is 0 Å². The van der Waals surface area contributed by atoms with E-state index < -0.39 is 23.3 Å². The van der Waals surface area contributed by atoms with Crippen LogP contribution in [0.25, 0.3) is 0 Å². The molecule has 0 bridgehead atoms. The lowest BCUT2D eigenvalue weighted by molar-refractivity contribution is -0.392. The molecule has 300 valence electrons. The smallest absolute Gasteiger partial charge is 0.338 e. The Balaban J connectivity index is 2.18. The third kappa shape index (κ3) is 12.2. The Kier molecular flexibility index (Phi) is 19.2. The number of nitrogens with zero attached hydrogens (tertiary/aromatic N) is 1. The highest BCUT2D eigenvalue weighted by Crippen LogP contribution is 2.48. The minimum Gasteiger partial charge on any atom is -0.458 e. The largest absolute Gasteiger partial charge is 0.458 e. The van der Waals surface area contributed by atoms with Gasteiger partial charge in [0, 0.05) is 31.1 Å². The number of hydrogen-bond donors (Lipinski definition) is 2. The average Bonchev–Trinajstić information content (AvgIpc) is 3.14. The van der Waals surface area contributed by atoms with Crippen molar-refractivity contribution in [2.24, 2.45) is 5.92 Å². The van der Waals surface area contributed by atoms with E-state index in [4.69, 9.17) is 33.7 Å². The zero-order chi connectivity index (χ0) is 39.1.